The van der Waals surface area contributed by atoms with E-state index in [0.29, 0.717) is 11.1 Å². The van der Waals surface area contributed by atoms with Crippen LogP contribution in [0, 0.1) is 22.7 Å². The van der Waals surface area contributed by atoms with Crippen LogP contribution in [0.25, 0.3) is 0 Å². The van der Waals surface area contributed by atoms with Gasteiger partial charge in [-0.2, -0.15) is 0 Å². The molecular weight excluding hydrogens is 516 g/mol. The summed E-state index contributed by atoms with van der Waals surface area (Å²) in [4.78, 5) is 53.1. The van der Waals surface area contributed by atoms with Crippen molar-refractivity contribution < 1.29 is 44.0 Å². The molecule has 210 valence electrons. The number of furan rings is 1. The number of ketones is 4. The van der Waals surface area contributed by atoms with E-state index in [2.05, 4.69) is 0 Å². The fraction of sp³-hybridized carbons (Fsp3) is 0.419. The van der Waals surface area contributed by atoms with Gasteiger partial charge in [-0.25, -0.2) is 0 Å². The first kappa shape index (κ1) is 27.6. The standard InChI is InChI=1S/C31H32O9/c1-14(2)23-25(35)21(15(3)32)27(37)31(39)28(38)24-26(36)22-17(12-29(24,4)13-30(23,31)5)16(8-9-18(22)33)11-19(34)20-7-6-10-40-20/h6-10,14,23,33,35,38-39H,11-13H2,1-5H3/t23?,29-,30-,31+/m1/s1. The molecular formula is C31H32O9. The van der Waals surface area contributed by atoms with Crippen LogP contribution in [0.5, 0.6) is 5.75 Å². The van der Waals surface area contributed by atoms with Crippen LogP contribution in [0.2, 0.25) is 0 Å². The number of rotatable bonds is 5. The first-order chi connectivity index (χ1) is 18.6. The van der Waals surface area contributed by atoms with E-state index >= 15 is 0 Å². The molecule has 0 spiro atoms. The molecule has 5 rings (SSSR count). The zero-order valence-corrected chi connectivity index (χ0v) is 23.0. The minimum absolute atomic E-state index is 0.0217. The number of aliphatic hydroxyl groups is 3. The second-order valence-corrected chi connectivity index (χ2v) is 12.1. The number of phenols is 1. The number of aromatic hydroxyl groups is 1. The maximum absolute atomic E-state index is 14.0. The van der Waals surface area contributed by atoms with Crippen molar-refractivity contribution in [2.45, 2.75) is 59.5 Å². The Labute approximate surface area is 230 Å². The normalized spacial score (nSPS) is 29.8. The topological polar surface area (TPSA) is 162 Å². The number of hydrogen-bond donors (Lipinski definition) is 4. The molecule has 1 unspecified atom stereocenters. The Morgan fingerprint density at radius 2 is 1.77 bits per heavy atom. The van der Waals surface area contributed by atoms with Crippen LogP contribution in [-0.2, 0) is 22.4 Å². The molecule has 1 aromatic heterocycles. The number of fused-ring (bicyclic) bond motifs is 3. The van der Waals surface area contributed by atoms with Gasteiger partial charge in [-0.15, -0.1) is 0 Å². The largest absolute Gasteiger partial charge is 0.511 e. The number of Topliss-reactive ketones (excluding diaryl/α,β-unsaturated/α-hetero) is 4. The Kier molecular flexibility index (Phi) is 6.04. The number of allylic oxidation sites excluding steroid dienone is 2. The van der Waals surface area contributed by atoms with Crippen molar-refractivity contribution in [3.63, 3.8) is 0 Å². The highest BCUT2D eigenvalue weighted by Gasteiger charge is 2.71. The Morgan fingerprint density at radius 1 is 1.10 bits per heavy atom. The molecule has 4 N–H and O–H groups in total. The lowest BCUT2D eigenvalue weighted by Crippen LogP contribution is -2.67. The summed E-state index contributed by atoms with van der Waals surface area (Å²) in [5, 5.41) is 45.7. The van der Waals surface area contributed by atoms with Gasteiger partial charge in [0.05, 0.1) is 11.8 Å². The third kappa shape index (κ3) is 3.43. The second-order valence-electron chi connectivity index (χ2n) is 12.1. The van der Waals surface area contributed by atoms with Crippen LogP contribution in [0.15, 0.2) is 57.6 Å². The van der Waals surface area contributed by atoms with Gasteiger partial charge in [0, 0.05) is 28.7 Å². The van der Waals surface area contributed by atoms with Gasteiger partial charge in [-0.3, -0.25) is 19.2 Å². The van der Waals surface area contributed by atoms with Gasteiger partial charge in [0.25, 0.3) is 0 Å². The molecule has 3 aliphatic rings. The molecule has 0 radical (unpaired) electrons. The second kappa shape index (κ2) is 8.76. The van der Waals surface area contributed by atoms with E-state index in [1.165, 1.54) is 18.4 Å². The van der Waals surface area contributed by atoms with Gasteiger partial charge in [-0.1, -0.05) is 33.8 Å². The van der Waals surface area contributed by atoms with E-state index in [4.69, 9.17) is 4.42 Å². The highest BCUT2D eigenvalue weighted by atomic mass is 16.4. The summed E-state index contributed by atoms with van der Waals surface area (Å²) in [6.45, 7) is 7.93. The molecule has 0 fully saturated rings. The predicted octanol–water partition coefficient (Wildman–Crippen LogP) is 4.36. The molecule has 3 aliphatic carbocycles. The number of carbonyl (C=O) groups excluding carboxylic acids is 4. The van der Waals surface area contributed by atoms with E-state index in [9.17, 15) is 39.6 Å². The van der Waals surface area contributed by atoms with Crippen molar-refractivity contribution in [3.05, 3.63) is 75.6 Å². The third-order valence-electron chi connectivity index (χ3n) is 9.13. The summed E-state index contributed by atoms with van der Waals surface area (Å²) in [6.07, 6.45) is 1.35. The van der Waals surface area contributed by atoms with Crippen LogP contribution < -0.4 is 0 Å². The Hall–Kier alpha value is -3.98. The smallest absolute Gasteiger partial charge is 0.209 e. The SMILES string of the molecule is CC(=O)C1=C(O)C(C(C)C)[C@@]2(C)C[C@@]3(C)Cc4c(CC(=O)c5ccco5)ccc(O)c4C(=O)C3=C(O)[C@@]2(O)C1=O. The van der Waals surface area contributed by atoms with Gasteiger partial charge in [0.15, 0.2) is 22.9 Å². The number of hydrogen-bond acceptors (Lipinski definition) is 9. The number of carbonyl (C=O) groups is 4. The van der Waals surface area contributed by atoms with Crippen molar-refractivity contribution in [3.8, 4) is 5.75 Å². The van der Waals surface area contributed by atoms with E-state index in [1.54, 1.807) is 39.8 Å². The number of benzene rings is 1. The molecule has 9 heteroatoms. The minimum atomic E-state index is -2.67. The molecule has 40 heavy (non-hydrogen) atoms. The van der Waals surface area contributed by atoms with Crippen molar-refractivity contribution in [2.24, 2.45) is 22.7 Å². The number of aliphatic hydroxyl groups excluding tert-OH is 2. The molecule has 1 aromatic carbocycles. The maximum Gasteiger partial charge on any atom is 0.209 e. The third-order valence-corrected chi connectivity index (χ3v) is 9.13. The highest BCUT2D eigenvalue weighted by Crippen LogP contribution is 2.65. The van der Waals surface area contributed by atoms with Crippen LogP contribution in [0.4, 0.5) is 0 Å². The Morgan fingerprint density at radius 3 is 2.35 bits per heavy atom. The first-order valence-corrected chi connectivity index (χ1v) is 13.2. The minimum Gasteiger partial charge on any atom is -0.511 e. The fourth-order valence-corrected chi connectivity index (χ4v) is 7.66. The summed E-state index contributed by atoms with van der Waals surface area (Å²) in [7, 11) is 0. The van der Waals surface area contributed by atoms with E-state index < -0.39 is 56.8 Å². The lowest BCUT2D eigenvalue weighted by atomic mass is 9.44. The Bertz CT molecular complexity index is 1560. The first-order valence-electron chi connectivity index (χ1n) is 13.2. The van der Waals surface area contributed by atoms with Gasteiger partial charge in [-0.05, 0) is 55.0 Å². The molecule has 0 saturated heterocycles. The lowest BCUT2D eigenvalue weighted by Gasteiger charge is -2.59. The summed E-state index contributed by atoms with van der Waals surface area (Å²) in [6, 6.07) is 5.98. The van der Waals surface area contributed by atoms with Crippen LogP contribution in [0.1, 0.15) is 73.1 Å². The quantitative estimate of drug-likeness (QED) is 0.314. The monoisotopic (exact) mass is 548 g/mol. The fourth-order valence-electron chi connectivity index (χ4n) is 7.66. The van der Waals surface area contributed by atoms with Crippen LogP contribution >= 0.6 is 0 Å². The molecule has 2 aromatic rings. The van der Waals surface area contributed by atoms with Gasteiger partial charge < -0.3 is 24.8 Å². The predicted molar refractivity (Wildman–Crippen MR) is 142 cm³/mol. The summed E-state index contributed by atoms with van der Waals surface area (Å²) in [5.74, 6) is -5.84. The average molecular weight is 549 g/mol. The summed E-state index contributed by atoms with van der Waals surface area (Å²) in [5.41, 5.74) is -5.37. The molecule has 0 aliphatic heterocycles. The van der Waals surface area contributed by atoms with Crippen molar-refractivity contribution in [1.29, 1.82) is 0 Å². The van der Waals surface area contributed by atoms with Crippen molar-refractivity contribution >= 4 is 23.1 Å². The summed E-state index contributed by atoms with van der Waals surface area (Å²) >= 11 is 0. The summed E-state index contributed by atoms with van der Waals surface area (Å²) < 4.78 is 5.22. The number of phenolic OH excluding ortho intramolecular Hbond substituents is 1. The molecule has 0 amide bonds. The van der Waals surface area contributed by atoms with Gasteiger partial charge in [0.2, 0.25) is 11.6 Å². The average Bonchev–Trinajstić information content (AvgIpc) is 3.38. The molecule has 0 bridgehead atoms. The van der Waals surface area contributed by atoms with E-state index in [1.807, 2.05) is 0 Å². The van der Waals surface area contributed by atoms with Crippen LogP contribution in [0.3, 0.4) is 0 Å². The zero-order valence-electron chi connectivity index (χ0n) is 23.0. The van der Waals surface area contributed by atoms with E-state index in [-0.39, 0.29) is 53.6 Å². The zero-order chi connectivity index (χ0) is 29.5. The van der Waals surface area contributed by atoms with E-state index in [0.717, 1.165) is 6.92 Å². The molecule has 4 atom stereocenters. The van der Waals surface area contributed by atoms with Gasteiger partial charge >= 0.3 is 0 Å². The van der Waals surface area contributed by atoms with Crippen molar-refractivity contribution in [1.82, 2.24) is 0 Å². The highest BCUT2D eigenvalue weighted by molar-refractivity contribution is 6.25. The molecule has 1 heterocycles. The van der Waals surface area contributed by atoms with Crippen molar-refractivity contribution in [2.75, 3.05) is 0 Å². The maximum atomic E-state index is 14.0. The molecule has 9 nitrogen and oxygen atoms in total. The lowest BCUT2D eigenvalue weighted by molar-refractivity contribution is -0.171. The van der Waals surface area contributed by atoms with Crippen LogP contribution in [-0.4, -0.2) is 49.2 Å². The Balaban J connectivity index is 1.74. The molecule has 0 saturated carbocycles. The van der Waals surface area contributed by atoms with Gasteiger partial charge in [0.1, 0.15) is 22.8 Å².